The third-order valence-electron chi connectivity index (χ3n) is 2.78. The second-order valence-electron chi connectivity index (χ2n) is 3.76. The molecule has 0 spiro atoms. The van der Waals surface area contributed by atoms with Crippen molar-refractivity contribution in [2.75, 3.05) is 6.26 Å². The number of nitrogens with one attached hydrogen (secondary N) is 1. The van der Waals surface area contributed by atoms with Gasteiger partial charge in [0.05, 0.1) is 11.7 Å². The summed E-state index contributed by atoms with van der Waals surface area (Å²) in [5.74, 6) is -0.276. The fourth-order valence-electron chi connectivity index (χ4n) is 1.74. The second-order valence-corrected chi connectivity index (χ2v) is 5.51. The Hall–Kier alpha value is -0.840. The Labute approximate surface area is 84.4 Å². The maximum atomic E-state index is 11.6. The predicted octanol–water partition coefficient (Wildman–Crippen LogP) is 0.664. The van der Waals surface area contributed by atoms with Crippen molar-refractivity contribution in [3.63, 3.8) is 0 Å². The molecule has 2 atom stereocenters. The number of amides is 1. The summed E-state index contributed by atoms with van der Waals surface area (Å²) < 4.78 is 23.8. The molecule has 80 valence electrons. The zero-order valence-electron chi connectivity index (χ0n) is 8.41. The number of carbonyl (C=O) groups excluding carboxylic acids is 1. The maximum Gasteiger partial charge on any atom is 0.240 e. The molecule has 0 saturated heterocycles. The Bertz CT molecular complexity index is 360. The third kappa shape index (κ3) is 1.97. The highest BCUT2D eigenvalue weighted by Crippen LogP contribution is 2.55. The molecule has 1 N–H and O–H groups in total. The van der Waals surface area contributed by atoms with E-state index in [4.69, 9.17) is 0 Å². The minimum absolute atomic E-state index is 0.120. The first kappa shape index (κ1) is 11.2. The zero-order valence-corrected chi connectivity index (χ0v) is 9.23. The number of hydrogen-bond donors (Lipinski definition) is 1. The molecule has 1 aliphatic rings. The van der Waals surface area contributed by atoms with E-state index in [1.807, 2.05) is 11.6 Å². The molecule has 0 aromatic carbocycles. The average Bonchev–Trinajstić information content (AvgIpc) is 2.76. The summed E-state index contributed by atoms with van der Waals surface area (Å²) in [6.07, 6.45) is 4.05. The van der Waals surface area contributed by atoms with Crippen LogP contribution in [-0.4, -0.2) is 20.6 Å². The fourth-order valence-corrected chi connectivity index (χ4v) is 2.28. The quantitative estimate of drug-likeness (QED) is 0.704. The van der Waals surface area contributed by atoms with Gasteiger partial charge >= 0.3 is 0 Å². The monoisotopic (exact) mass is 217 g/mol. The van der Waals surface area contributed by atoms with E-state index in [1.54, 1.807) is 6.08 Å². The van der Waals surface area contributed by atoms with Gasteiger partial charge in [0.15, 0.2) is 0 Å². The molecule has 1 saturated carbocycles. The van der Waals surface area contributed by atoms with Crippen molar-refractivity contribution in [1.29, 1.82) is 0 Å². The molecular formula is C9H15NO3S. The maximum absolute atomic E-state index is 11.6. The van der Waals surface area contributed by atoms with Crippen molar-refractivity contribution in [2.24, 2.45) is 11.3 Å². The lowest BCUT2D eigenvalue weighted by Gasteiger charge is -2.12. The topological polar surface area (TPSA) is 63.2 Å². The minimum atomic E-state index is -3.44. The van der Waals surface area contributed by atoms with Crippen molar-refractivity contribution >= 4 is 15.9 Å². The summed E-state index contributed by atoms with van der Waals surface area (Å²) in [6.45, 7) is 5.50. The fraction of sp³-hybridized carbons (Fsp3) is 0.667. The van der Waals surface area contributed by atoms with Crippen LogP contribution in [0.15, 0.2) is 12.7 Å². The molecule has 0 bridgehead atoms. The van der Waals surface area contributed by atoms with E-state index in [-0.39, 0.29) is 5.92 Å². The lowest BCUT2D eigenvalue weighted by Crippen LogP contribution is -2.36. The number of hydrogen-bond acceptors (Lipinski definition) is 3. The molecule has 1 rings (SSSR count). The Morgan fingerprint density at radius 1 is 1.71 bits per heavy atom. The molecule has 1 fully saturated rings. The number of allylic oxidation sites excluding steroid dienone is 1. The summed E-state index contributed by atoms with van der Waals surface area (Å²) in [5.41, 5.74) is -0.523. The van der Waals surface area contributed by atoms with Gasteiger partial charge < -0.3 is 0 Å². The van der Waals surface area contributed by atoms with Crippen LogP contribution in [0.1, 0.15) is 19.8 Å². The molecule has 0 aliphatic heterocycles. The summed E-state index contributed by atoms with van der Waals surface area (Å²) in [5, 5.41) is 0. The molecule has 1 aliphatic carbocycles. The summed E-state index contributed by atoms with van der Waals surface area (Å²) >= 11 is 0. The van der Waals surface area contributed by atoms with Gasteiger partial charge in [-0.05, 0) is 18.8 Å². The predicted molar refractivity (Wildman–Crippen MR) is 54.0 cm³/mol. The van der Waals surface area contributed by atoms with Gasteiger partial charge in [0.1, 0.15) is 0 Å². The van der Waals surface area contributed by atoms with Gasteiger partial charge in [-0.1, -0.05) is 13.0 Å². The van der Waals surface area contributed by atoms with Crippen LogP contribution in [0.2, 0.25) is 0 Å². The van der Waals surface area contributed by atoms with Crippen molar-refractivity contribution in [1.82, 2.24) is 4.72 Å². The number of sulfonamides is 1. The van der Waals surface area contributed by atoms with Crippen molar-refractivity contribution in [3.05, 3.63) is 12.7 Å². The largest absolute Gasteiger partial charge is 0.273 e. The Balaban J connectivity index is 2.75. The minimum Gasteiger partial charge on any atom is -0.273 e. The SMILES string of the molecule is C=C[C@@H]1C[C@]1(CC)C(=O)NS(C)(=O)=O. The first-order chi connectivity index (χ1) is 6.35. The molecule has 0 aromatic rings. The second kappa shape index (κ2) is 3.38. The highest BCUT2D eigenvalue weighted by molar-refractivity contribution is 7.89. The van der Waals surface area contributed by atoms with E-state index in [0.717, 1.165) is 6.26 Å². The average molecular weight is 217 g/mol. The van der Waals surface area contributed by atoms with E-state index in [1.165, 1.54) is 0 Å². The Morgan fingerprint density at radius 2 is 2.29 bits per heavy atom. The van der Waals surface area contributed by atoms with Crippen LogP contribution in [0.4, 0.5) is 0 Å². The van der Waals surface area contributed by atoms with Gasteiger partial charge in [-0.15, -0.1) is 6.58 Å². The number of carbonyl (C=O) groups is 1. The van der Waals surface area contributed by atoms with Gasteiger partial charge in [-0.25, -0.2) is 8.42 Å². The van der Waals surface area contributed by atoms with Crippen molar-refractivity contribution in [3.8, 4) is 0 Å². The van der Waals surface area contributed by atoms with Crippen LogP contribution in [0.25, 0.3) is 0 Å². The molecule has 0 radical (unpaired) electrons. The van der Waals surface area contributed by atoms with Crippen LogP contribution in [0.5, 0.6) is 0 Å². The standard InChI is InChI=1S/C9H15NO3S/c1-4-7-6-9(7,5-2)8(11)10-14(3,12)13/h4,7H,1,5-6H2,2-3H3,(H,10,11)/t7-,9+/m1/s1. The third-order valence-corrected chi connectivity index (χ3v) is 3.34. The van der Waals surface area contributed by atoms with E-state index in [2.05, 4.69) is 6.58 Å². The van der Waals surface area contributed by atoms with Gasteiger partial charge in [-0.3, -0.25) is 9.52 Å². The van der Waals surface area contributed by atoms with E-state index >= 15 is 0 Å². The smallest absolute Gasteiger partial charge is 0.240 e. The molecular weight excluding hydrogens is 202 g/mol. The molecule has 0 unspecified atom stereocenters. The summed E-state index contributed by atoms with van der Waals surface area (Å²) in [6, 6.07) is 0. The lowest BCUT2D eigenvalue weighted by atomic mass is 10.00. The van der Waals surface area contributed by atoms with Crippen LogP contribution >= 0.6 is 0 Å². The first-order valence-electron chi connectivity index (χ1n) is 4.50. The normalized spacial score (nSPS) is 30.9. The summed E-state index contributed by atoms with van der Waals surface area (Å²) in [4.78, 5) is 11.6. The molecule has 1 amide bonds. The van der Waals surface area contributed by atoms with Gasteiger partial charge in [0.2, 0.25) is 15.9 Å². The Morgan fingerprint density at radius 3 is 2.57 bits per heavy atom. The van der Waals surface area contributed by atoms with Crippen molar-refractivity contribution < 1.29 is 13.2 Å². The first-order valence-corrected chi connectivity index (χ1v) is 6.39. The van der Waals surface area contributed by atoms with Crippen LogP contribution < -0.4 is 4.72 Å². The van der Waals surface area contributed by atoms with Crippen LogP contribution in [-0.2, 0) is 14.8 Å². The molecule has 0 aromatic heterocycles. The molecule has 14 heavy (non-hydrogen) atoms. The van der Waals surface area contributed by atoms with E-state index in [9.17, 15) is 13.2 Å². The summed E-state index contributed by atoms with van der Waals surface area (Å²) in [7, 11) is -3.44. The van der Waals surface area contributed by atoms with Crippen molar-refractivity contribution in [2.45, 2.75) is 19.8 Å². The zero-order chi connectivity index (χ0) is 11.0. The van der Waals surface area contributed by atoms with E-state index < -0.39 is 21.3 Å². The van der Waals surface area contributed by atoms with Crippen LogP contribution in [0.3, 0.4) is 0 Å². The highest BCUT2D eigenvalue weighted by Gasteiger charge is 2.57. The Kier molecular flexibility index (Phi) is 2.71. The van der Waals surface area contributed by atoms with E-state index in [0.29, 0.717) is 12.8 Å². The van der Waals surface area contributed by atoms with Crippen LogP contribution in [0, 0.1) is 11.3 Å². The van der Waals surface area contributed by atoms with Gasteiger partial charge in [-0.2, -0.15) is 0 Å². The molecule has 5 heteroatoms. The highest BCUT2D eigenvalue weighted by atomic mass is 32.2. The number of rotatable bonds is 4. The molecule has 4 nitrogen and oxygen atoms in total. The van der Waals surface area contributed by atoms with Gasteiger partial charge in [0.25, 0.3) is 0 Å². The lowest BCUT2D eigenvalue weighted by molar-refractivity contribution is -0.124. The van der Waals surface area contributed by atoms with Gasteiger partial charge in [0, 0.05) is 0 Å². The molecule has 0 heterocycles.